The summed E-state index contributed by atoms with van der Waals surface area (Å²) in [5.41, 5.74) is 7.52. The van der Waals surface area contributed by atoms with Crippen LogP contribution in [0.2, 0.25) is 0 Å². The fourth-order valence-corrected chi connectivity index (χ4v) is 1.37. The van der Waals surface area contributed by atoms with E-state index in [9.17, 15) is 0 Å². The molecule has 0 unspecified atom stereocenters. The third-order valence-electron chi connectivity index (χ3n) is 2.10. The Hall–Kier alpha value is -1.84. The van der Waals surface area contributed by atoms with Crippen molar-refractivity contribution < 1.29 is 0 Å². The van der Waals surface area contributed by atoms with Gasteiger partial charge in [-0.2, -0.15) is 0 Å². The van der Waals surface area contributed by atoms with Gasteiger partial charge in [-0.1, -0.05) is 6.58 Å². The lowest BCUT2D eigenvalue weighted by atomic mass is 10.3. The van der Waals surface area contributed by atoms with E-state index in [1.807, 2.05) is 17.7 Å². The Morgan fingerprint density at radius 2 is 2.31 bits per heavy atom. The molecule has 2 aromatic rings. The first kappa shape index (κ1) is 7.79. The summed E-state index contributed by atoms with van der Waals surface area (Å²) in [6.07, 6.45) is 3.23. The number of nitrogens with two attached hydrogens (primary N) is 1. The van der Waals surface area contributed by atoms with Crippen molar-refractivity contribution in [1.82, 2.24) is 14.5 Å². The largest absolute Gasteiger partial charge is 0.383 e. The molecule has 0 aliphatic carbocycles. The van der Waals surface area contributed by atoms with Crippen LogP contribution in [0.15, 0.2) is 19.0 Å². The molecule has 0 amide bonds. The van der Waals surface area contributed by atoms with Crippen LogP contribution < -0.4 is 5.73 Å². The second-order valence-corrected chi connectivity index (χ2v) is 2.83. The summed E-state index contributed by atoms with van der Waals surface area (Å²) >= 11 is 0. The second kappa shape index (κ2) is 2.58. The summed E-state index contributed by atoms with van der Waals surface area (Å²) in [6.45, 7) is 3.71. The van der Waals surface area contributed by atoms with E-state index in [0.717, 1.165) is 16.7 Å². The van der Waals surface area contributed by atoms with Crippen LogP contribution in [0.3, 0.4) is 0 Å². The minimum absolute atomic E-state index is 0.508. The molecule has 0 saturated carbocycles. The van der Waals surface area contributed by atoms with Crippen LogP contribution in [0, 0.1) is 0 Å². The number of nitrogen functional groups attached to an aromatic ring is 1. The SMILES string of the molecule is C=Cc1cc2c(N)ncnc2n1C. The lowest BCUT2D eigenvalue weighted by molar-refractivity contribution is 0.932. The number of hydrogen-bond acceptors (Lipinski definition) is 3. The number of aromatic nitrogens is 3. The van der Waals surface area contributed by atoms with Crippen molar-refractivity contribution in [2.24, 2.45) is 7.05 Å². The smallest absolute Gasteiger partial charge is 0.145 e. The lowest BCUT2D eigenvalue weighted by Gasteiger charge is -1.97. The summed E-state index contributed by atoms with van der Waals surface area (Å²) in [5.74, 6) is 0.508. The first-order valence-corrected chi connectivity index (χ1v) is 3.92. The van der Waals surface area contributed by atoms with E-state index in [4.69, 9.17) is 5.73 Å². The molecule has 0 spiro atoms. The average Bonchev–Trinajstić information content (AvgIpc) is 2.45. The Bertz CT molecular complexity index is 470. The molecule has 2 heterocycles. The van der Waals surface area contributed by atoms with Crippen molar-refractivity contribution in [2.45, 2.75) is 0 Å². The predicted octanol–water partition coefficient (Wildman–Crippen LogP) is 1.19. The average molecular weight is 174 g/mol. The highest BCUT2D eigenvalue weighted by Crippen LogP contribution is 2.20. The van der Waals surface area contributed by atoms with Crippen LogP contribution >= 0.6 is 0 Å². The molecule has 0 aromatic carbocycles. The lowest BCUT2D eigenvalue weighted by Crippen LogP contribution is -1.95. The molecule has 0 saturated heterocycles. The zero-order valence-corrected chi connectivity index (χ0v) is 7.36. The van der Waals surface area contributed by atoms with Crippen LogP contribution in [-0.2, 0) is 7.05 Å². The normalized spacial score (nSPS) is 10.5. The molecule has 0 bridgehead atoms. The highest BCUT2D eigenvalue weighted by atomic mass is 15.0. The predicted molar refractivity (Wildman–Crippen MR) is 53.0 cm³/mol. The first-order valence-electron chi connectivity index (χ1n) is 3.92. The van der Waals surface area contributed by atoms with Crippen molar-refractivity contribution in [3.05, 3.63) is 24.7 Å². The molecule has 0 aliphatic heterocycles. The number of anilines is 1. The van der Waals surface area contributed by atoms with Crippen molar-refractivity contribution >= 4 is 22.9 Å². The molecular formula is C9H10N4. The molecular weight excluding hydrogens is 164 g/mol. The highest BCUT2D eigenvalue weighted by molar-refractivity contribution is 5.88. The minimum atomic E-state index is 0.508. The van der Waals surface area contributed by atoms with Crippen molar-refractivity contribution in [3.8, 4) is 0 Å². The molecule has 13 heavy (non-hydrogen) atoms. The fourth-order valence-electron chi connectivity index (χ4n) is 1.37. The highest BCUT2D eigenvalue weighted by Gasteiger charge is 2.06. The standard InChI is InChI=1S/C9H10N4/c1-3-6-4-7-8(10)11-5-12-9(7)13(6)2/h3-5H,1H2,2H3,(H2,10,11,12). The fraction of sp³-hybridized carbons (Fsp3) is 0.111. The van der Waals surface area contributed by atoms with Gasteiger partial charge in [-0.15, -0.1) is 0 Å². The van der Waals surface area contributed by atoms with Gasteiger partial charge in [0, 0.05) is 12.7 Å². The summed E-state index contributed by atoms with van der Waals surface area (Å²) in [4.78, 5) is 8.05. The molecule has 2 aromatic heterocycles. The molecule has 0 radical (unpaired) electrons. The molecule has 4 nitrogen and oxygen atoms in total. The van der Waals surface area contributed by atoms with E-state index in [-0.39, 0.29) is 0 Å². The number of rotatable bonds is 1. The van der Waals surface area contributed by atoms with Gasteiger partial charge >= 0.3 is 0 Å². The Labute approximate surface area is 75.7 Å². The molecule has 0 atom stereocenters. The van der Waals surface area contributed by atoms with Gasteiger partial charge in [-0.25, -0.2) is 9.97 Å². The number of hydrogen-bond donors (Lipinski definition) is 1. The van der Waals surface area contributed by atoms with Gasteiger partial charge in [0.25, 0.3) is 0 Å². The van der Waals surface area contributed by atoms with Crippen LogP contribution in [0.4, 0.5) is 5.82 Å². The summed E-state index contributed by atoms with van der Waals surface area (Å²) in [7, 11) is 1.92. The monoisotopic (exact) mass is 174 g/mol. The molecule has 2 rings (SSSR count). The van der Waals surface area contributed by atoms with Gasteiger partial charge in [-0.05, 0) is 12.1 Å². The van der Waals surface area contributed by atoms with E-state index < -0.39 is 0 Å². The van der Waals surface area contributed by atoms with E-state index >= 15 is 0 Å². The maximum Gasteiger partial charge on any atom is 0.145 e. The maximum absolute atomic E-state index is 5.69. The van der Waals surface area contributed by atoms with Gasteiger partial charge in [0.05, 0.1) is 5.39 Å². The molecule has 4 heteroatoms. The van der Waals surface area contributed by atoms with Crippen LogP contribution in [0.25, 0.3) is 17.1 Å². The first-order chi connectivity index (χ1) is 6.24. The van der Waals surface area contributed by atoms with Gasteiger partial charge < -0.3 is 10.3 Å². The maximum atomic E-state index is 5.69. The second-order valence-electron chi connectivity index (χ2n) is 2.83. The zero-order valence-electron chi connectivity index (χ0n) is 7.36. The summed E-state index contributed by atoms with van der Waals surface area (Å²) in [5, 5.41) is 0.875. The van der Waals surface area contributed by atoms with E-state index in [2.05, 4.69) is 16.5 Å². The molecule has 0 aliphatic rings. The van der Waals surface area contributed by atoms with Crippen LogP contribution in [0.5, 0.6) is 0 Å². The topological polar surface area (TPSA) is 56.7 Å². The summed E-state index contributed by atoms with van der Waals surface area (Å²) in [6, 6.07) is 1.93. The van der Waals surface area contributed by atoms with E-state index in [1.165, 1.54) is 6.33 Å². The van der Waals surface area contributed by atoms with Gasteiger partial charge in [0.2, 0.25) is 0 Å². The Morgan fingerprint density at radius 3 is 2.92 bits per heavy atom. The third-order valence-corrected chi connectivity index (χ3v) is 2.10. The number of nitrogens with zero attached hydrogens (tertiary/aromatic N) is 3. The van der Waals surface area contributed by atoms with Crippen LogP contribution in [-0.4, -0.2) is 14.5 Å². The van der Waals surface area contributed by atoms with E-state index in [1.54, 1.807) is 6.08 Å². The molecule has 2 N–H and O–H groups in total. The zero-order chi connectivity index (χ0) is 9.42. The Morgan fingerprint density at radius 1 is 1.54 bits per heavy atom. The van der Waals surface area contributed by atoms with Gasteiger partial charge in [0.15, 0.2) is 0 Å². The molecule has 66 valence electrons. The summed E-state index contributed by atoms with van der Waals surface area (Å²) < 4.78 is 1.93. The van der Waals surface area contributed by atoms with Gasteiger partial charge in [-0.3, -0.25) is 0 Å². The van der Waals surface area contributed by atoms with Crippen molar-refractivity contribution in [2.75, 3.05) is 5.73 Å². The minimum Gasteiger partial charge on any atom is -0.383 e. The van der Waals surface area contributed by atoms with Gasteiger partial charge in [0.1, 0.15) is 17.8 Å². The van der Waals surface area contributed by atoms with Crippen molar-refractivity contribution in [1.29, 1.82) is 0 Å². The molecule has 0 fully saturated rings. The number of aryl methyl sites for hydroxylation is 1. The van der Waals surface area contributed by atoms with Crippen LogP contribution in [0.1, 0.15) is 5.69 Å². The Kier molecular flexibility index (Phi) is 1.55. The Balaban J connectivity index is 2.91. The number of fused-ring (bicyclic) bond motifs is 1. The third kappa shape index (κ3) is 0.989. The quantitative estimate of drug-likeness (QED) is 0.706. The van der Waals surface area contributed by atoms with E-state index in [0.29, 0.717) is 5.82 Å². The van der Waals surface area contributed by atoms with Crippen molar-refractivity contribution in [3.63, 3.8) is 0 Å².